The molecule has 5 N–H and O–H groups in total. The maximum absolute atomic E-state index is 12.5. The molecule has 0 aliphatic carbocycles. The maximum Gasteiger partial charge on any atom is 0.271 e. The van der Waals surface area contributed by atoms with Crippen LogP contribution in [-0.4, -0.2) is 63.2 Å². The quantitative estimate of drug-likeness (QED) is 0.0887. The first-order chi connectivity index (χ1) is 22.9. The van der Waals surface area contributed by atoms with Crippen molar-refractivity contribution >= 4 is 39.4 Å². The Morgan fingerprint density at radius 2 is 1.60 bits per heavy atom. The number of amidine groups is 2. The molecule has 3 heterocycles. The molecule has 0 spiro atoms. The summed E-state index contributed by atoms with van der Waals surface area (Å²) in [4.78, 5) is 28.4. The van der Waals surface area contributed by atoms with Crippen molar-refractivity contribution in [2.45, 2.75) is 26.3 Å². The Hall–Kier alpha value is -5.97. The van der Waals surface area contributed by atoms with E-state index in [1.807, 2.05) is 48.8 Å². The lowest BCUT2D eigenvalue weighted by atomic mass is 10.1. The molecule has 0 fully saturated rings. The molecular formula is C36H38N8O3. The third-order valence-electron chi connectivity index (χ3n) is 7.79. The van der Waals surface area contributed by atoms with Crippen LogP contribution in [0, 0.1) is 17.7 Å². The van der Waals surface area contributed by atoms with Crippen LogP contribution < -0.4 is 14.8 Å². The smallest absolute Gasteiger partial charge is 0.271 e. The molecule has 1 amide bonds. The summed E-state index contributed by atoms with van der Waals surface area (Å²) in [5.74, 6) is 1.11. The Bertz CT molecular complexity index is 1980. The first-order valence-electron chi connectivity index (χ1n) is 15.1. The number of carbonyl (C=O) groups is 1. The summed E-state index contributed by atoms with van der Waals surface area (Å²) >= 11 is 0. The van der Waals surface area contributed by atoms with Crippen molar-refractivity contribution in [1.82, 2.24) is 30.2 Å². The second kappa shape index (κ2) is 15.3. The highest BCUT2D eigenvalue weighted by Gasteiger charge is 2.20. The first-order valence-corrected chi connectivity index (χ1v) is 15.1. The van der Waals surface area contributed by atoms with E-state index in [-0.39, 0.29) is 30.5 Å². The second-order valence-electron chi connectivity index (χ2n) is 10.8. The number of fused-ring (bicyclic) bond motifs is 2. The highest BCUT2D eigenvalue weighted by molar-refractivity contribution is 6.01. The summed E-state index contributed by atoms with van der Waals surface area (Å²) in [5.41, 5.74) is 5.63. The van der Waals surface area contributed by atoms with Gasteiger partial charge in [0.05, 0.1) is 33.5 Å². The molecule has 11 nitrogen and oxygen atoms in total. The predicted molar refractivity (Wildman–Crippen MR) is 185 cm³/mol. The van der Waals surface area contributed by atoms with Gasteiger partial charge >= 0.3 is 0 Å². The Morgan fingerprint density at radius 3 is 2.30 bits per heavy atom. The van der Waals surface area contributed by atoms with Gasteiger partial charge in [0.15, 0.2) is 0 Å². The van der Waals surface area contributed by atoms with Gasteiger partial charge in [-0.2, -0.15) is 0 Å². The molecule has 6 rings (SSSR count). The van der Waals surface area contributed by atoms with E-state index in [4.69, 9.17) is 20.3 Å². The van der Waals surface area contributed by atoms with E-state index in [0.717, 1.165) is 22.0 Å². The fourth-order valence-corrected chi connectivity index (χ4v) is 5.22. The number of carbonyl (C=O) groups excluding carboxylic acids is 1. The number of amides is 1. The fourth-order valence-electron chi connectivity index (χ4n) is 5.22. The number of hydrogen-bond acceptors (Lipinski definition) is 7. The van der Waals surface area contributed by atoms with E-state index in [1.165, 1.54) is 35.1 Å². The van der Waals surface area contributed by atoms with E-state index >= 15 is 0 Å². The molecule has 0 aliphatic rings. The third-order valence-corrected chi connectivity index (χ3v) is 7.79. The van der Waals surface area contributed by atoms with Crippen LogP contribution in [0.5, 0.6) is 11.5 Å². The van der Waals surface area contributed by atoms with Crippen LogP contribution in [0.3, 0.4) is 0 Å². The topological polar surface area (TPSA) is 156 Å². The number of benzene rings is 3. The zero-order valence-electron chi connectivity index (χ0n) is 26.6. The van der Waals surface area contributed by atoms with Gasteiger partial charge in [-0.1, -0.05) is 36.4 Å². The van der Waals surface area contributed by atoms with Gasteiger partial charge in [0.1, 0.15) is 28.9 Å². The summed E-state index contributed by atoms with van der Waals surface area (Å²) in [5, 5.41) is 22.7. The van der Waals surface area contributed by atoms with Crippen molar-refractivity contribution < 1.29 is 14.3 Å². The van der Waals surface area contributed by atoms with Crippen LogP contribution in [0.1, 0.15) is 33.6 Å². The summed E-state index contributed by atoms with van der Waals surface area (Å²) in [7, 11) is 3.15. The number of rotatable bonds is 10. The Balaban J connectivity index is 0.000000365. The Morgan fingerprint density at radius 1 is 0.872 bits per heavy atom. The lowest BCUT2D eigenvalue weighted by Crippen LogP contribution is -2.42. The van der Waals surface area contributed by atoms with E-state index in [0.29, 0.717) is 24.3 Å². The molecule has 3 aromatic carbocycles. The number of nitrogens with zero attached hydrogens (tertiary/aromatic N) is 3. The highest BCUT2D eigenvalue weighted by atomic mass is 16.5. The molecule has 6 aromatic rings. The number of aromatic nitrogens is 4. The van der Waals surface area contributed by atoms with Crippen molar-refractivity contribution in [2.24, 2.45) is 0 Å². The number of aryl methyl sites for hydroxylation is 2. The molecule has 0 saturated heterocycles. The van der Waals surface area contributed by atoms with Crippen LogP contribution >= 0.6 is 0 Å². The summed E-state index contributed by atoms with van der Waals surface area (Å²) in [6.07, 6.45) is 9.30. The van der Waals surface area contributed by atoms with Crippen LogP contribution in [0.25, 0.3) is 21.8 Å². The van der Waals surface area contributed by atoms with Gasteiger partial charge in [0, 0.05) is 64.6 Å². The minimum atomic E-state index is -0.440. The zero-order valence-corrected chi connectivity index (χ0v) is 26.6. The first kappa shape index (κ1) is 32.4. The van der Waals surface area contributed by atoms with Gasteiger partial charge in [-0.05, 0) is 48.7 Å². The van der Waals surface area contributed by atoms with Gasteiger partial charge < -0.3 is 29.7 Å². The fraction of sp³-hybridized carbons (Fsp3) is 0.194. The number of ether oxygens (including phenoxy) is 2. The third kappa shape index (κ3) is 8.01. The average Bonchev–Trinajstić information content (AvgIpc) is 3.72. The summed E-state index contributed by atoms with van der Waals surface area (Å²) in [6.45, 7) is 2.25. The van der Waals surface area contributed by atoms with Gasteiger partial charge in [-0.15, -0.1) is 0 Å². The zero-order chi connectivity index (χ0) is 33.2. The number of H-pyrrole nitrogens is 2. The number of hydrogen-bond donors (Lipinski definition) is 5. The van der Waals surface area contributed by atoms with Gasteiger partial charge in [0.25, 0.3) is 5.91 Å². The minimum Gasteiger partial charge on any atom is -0.497 e. The number of aromatic amines is 2. The molecule has 0 aliphatic heterocycles. The number of nitrogens with one attached hydrogen (secondary N) is 5. The van der Waals surface area contributed by atoms with Crippen molar-refractivity contribution in [3.05, 3.63) is 120 Å². The molecule has 11 heteroatoms. The van der Waals surface area contributed by atoms with E-state index in [1.54, 1.807) is 25.2 Å². The Kier molecular flexibility index (Phi) is 10.6. The van der Waals surface area contributed by atoms with Crippen LogP contribution in [-0.2, 0) is 13.0 Å². The van der Waals surface area contributed by atoms with E-state index in [2.05, 4.69) is 56.4 Å². The summed E-state index contributed by atoms with van der Waals surface area (Å²) in [6, 6.07) is 21.8. The molecule has 0 radical (unpaired) electrons. The molecule has 3 aromatic heterocycles. The molecule has 240 valence electrons. The van der Waals surface area contributed by atoms with Gasteiger partial charge in [-0.3, -0.25) is 20.6 Å². The minimum absolute atomic E-state index is 0.0686. The van der Waals surface area contributed by atoms with Crippen LogP contribution in [0.4, 0.5) is 0 Å². The molecule has 0 atom stereocenters. The highest BCUT2D eigenvalue weighted by Crippen LogP contribution is 2.26. The van der Waals surface area contributed by atoms with Gasteiger partial charge in [0.2, 0.25) is 0 Å². The van der Waals surface area contributed by atoms with Gasteiger partial charge in [-0.25, -0.2) is 4.98 Å². The van der Waals surface area contributed by atoms with Crippen LogP contribution in [0.15, 0.2) is 97.7 Å². The number of methoxy groups -OCH3 is 2. The SMILES string of the molecule is COc1ccc(CN(C(=N)CCc2c[nH]c3ccccc23)C(=N)CNC(=O)c2cnccn2)c(OC)c1.Cc1c[nH]c2ccccc12. The second-order valence-corrected chi connectivity index (χ2v) is 10.8. The van der Waals surface area contributed by atoms with E-state index < -0.39 is 5.91 Å². The van der Waals surface area contributed by atoms with Crippen LogP contribution in [0.2, 0.25) is 0 Å². The molecule has 0 unspecified atom stereocenters. The van der Waals surface area contributed by atoms with Crippen molar-refractivity contribution in [2.75, 3.05) is 20.8 Å². The standard InChI is InChI=1S/C27H29N7O3.C9H9N/c1-36-20-9-7-19(24(13-20)37-2)17-34(26(29)16-33-27(35)23-15-30-11-12-31-23)25(28)10-8-18-14-32-22-6-4-3-5-21(18)22;1-7-6-10-9-5-3-2-4-8(7)9/h3-7,9,11-15,28-29,32H,8,10,16-17H2,1-2H3,(H,33,35);2-6,10H,1H3. The average molecular weight is 631 g/mol. The lowest BCUT2D eigenvalue weighted by Gasteiger charge is -2.27. The van der Waals surface area contributed by atoms with E-state index in [9.17, 15) is 4.79 Å². The van der Waals surface area contributed by atoms with Crippen molar-refractivity contribution in [3.63, 3.8) is 0 Å². The molecule has 0 bridgehead atoms. The normalized spacial score (nSPS) is 10.6. The molecular weight excluding hydrogens is 592 g/mol. The van der Waals surface area contributed by atoms with Crippen molar-refractivity contribution in [1.29, 1.82) is 10.8 Å². The maximum atomic E-state index is 12.5. The monoisotopic (exact) mass is 630 g/mol. The largest absolute Gasteiger partial charge is 0.497 e. The Labute approximate surface area is 273 Å². The predicted octanol–water partition coefficient (Wildman–Crippen LogP) is 6.27. The molecule has 47 heavy (non-hydrogen) atoms. The molecule has 0 saturated carbocycles. The lowest BCUT2D eigenvalue weighted by molar-refractivity contribution is 0.0953. The van der Waals surface area contributed by atoms with Crippen molar-refractivity contribution in [3.8, 4) is 11.5 Å². The summed E-state index contributed by atoms with van der Waals surface area (Å²) < 4.78 is 10.8. The number of para-hydroxylation sites is 2.